The molecule has 4 rings (SSSR count). The second kappa shape index (κ2) is 8.69. The SMILES string of the molecule is O=C(NCc1ccc(S(=O)(=O)N2CCOCC2)cc1)c1cc(Cl)nc2ccccc12. The fourth-order valence-corrected chi connectivity index (χ4v) is 4.93. The highest BCUT2D eigenvalue weighted by atomic mass is 35.5. The number of pyridine rings is 1. The number of carbonyl (C=O) groups is 1. The van der Waals surface area contributed by atoms with Gasteiger partial charge in [-0.3, -0.25) is 4.79 Å². The maximum Gasteiger partial charge on any atom is 0.252 e. The topological polar surface area (TPSA) is 88.6 Å². The predicted octanol–water partition coefficient (Wildman–Crippen LogP) is 2.84. The summed E-state index contributed by atoms with van der Waals surface area (Å²) in [5.41, 5.74) is 1.87. The molecule has 9 heteroatoms. The van der Waals surface area contributed by atoms with E-state index < -0.39 is 10.0 Å². The van der Waals surface area contributed by atoms with E-state index in [-0.39, 0.29) is 22.5 Å². The van der Waals surface area contributed by atoms with Gasteiger partial charge in [0.1, 0.15) is 5.15 Å². The predicted molar refractivity (Wildman–Crippen MR) is 114 cm³/mol. The summed E-state index contributed by atoms with van der Waals surface area (Å²) >= 11 is 6.05. The van der Waals surface area contributed by atoms with Crippen molar-refractivity contribution in [3.05, 3.63) is 70.9 Å². The highest BCUT2D eigenvalue weighted by Gasteiger charge is 2.26. The third-order valence-electron chi connectivity index (χ3n) is 4.91. The zero-order valence-electron chi connectivity index (χ0n) is 16.0. The van der Waals surface area contributed by atoms with Crippen LogP contribution in [0.4, 0.5) is 0 Å². The number of halogens is 1. The van der Waals surface area contributed by atoms with E-state index in [1.165, 1.54) is 10.4 Å². The van der Waals surface area contributed by atoms with Gasteiger partial charge in [0.2, 0.25) is 10.0 Å². The molecule has 0 unspecified atom stereocenters. The van der Waals surface area contributed by atoms with Crippen molar-refractivity contribution in [1.29, 1.82) is 0 Å². The third kappa shape index (κ3) is 4.32. The Morgan fingerprint density at radius 3 is 2.53 bits per heavy atom. The minimum absolute atomic E-state index is 0.228. The summed E-state index contributed by atoms with van der Waals surface area (Å²) in [4.78, 5) is 17.2. The number of hydrogen-bond acceptors (Lipinski definition) is 5. The van der Waals surface area contributed by atoms with Crippen LogP contribution in [0.15, 0.2) is 59.5 Å². The van der Waals surface area contributed by atoms with Gasteiger partial charge in [0.15, 0.2) is 0 Å². The number of morpholine rings is 1. The Bertz CT molecular complexity index is 1180. The molecule has 7 nitrogen and oxygen atoms in total. The van der Waals surface area contributed by atoms with E-state index in [0.29, 0.717) is 42.8 Å². The molecular weight excluding hydrogens is 426 g/mol. The average molecular weight is 446 g/mol. The Balaban J connectivity index is 1.46. The van der Waals surface area contributed by atoms with Gasteiger partial charge in [-0.2, -0.15) is 4.31 Å². The van der Waals surface area contributed by atoms with E-state index in [9.17, 15) is 13.2 Å². The highest BCUT2D eigenvalue weighted by molar-refractivity contribution is 7.89. The molecule has 1 saturated heterocycles. The maximum atomic E-state index is 12.7. The standard InChI is InChI=1S/C21H20ClN3O4S/c22-20-13-18(17-3-1-2-4-19(17)24-20)21(26)23-14-15-5-7-16(8-6-15)30(27,28)25-9-11-29-12-10-25/h1-8,13H,9-12,14H2,(H,23,26). The Hall–Kier alpha value is -2.52. The number of carbonyl (C=O) groups excluding carboxylic acids is 1. The van der Waals surface area contributed by atoms with E-state index in [1.807, 2.05) is 18.2 Å². The molecule has 1 aliphatic heterocycles. The number of ether oxygens (including phenoxy) is 1. The molecule has 2 aromatic carbocycles. The molecule has 156 valence electrons. The Morgan fingerprint density at radius 1 is 1.10 bits per heavy atom. The summed E-state index contributed by atoms with van der Waals surface area (Å²) in [6.45, 7) is 1.75. The fourth-order valence-electron chi connectivity index (χ4n) is 3.32. The fraction of sp³-hybridized carbons (Fsp3) is 0.238. The molecule has 0 saturated carbocycles. The monoisotopic (exact) mass is 445 g/mol. The molecule has 3 aromatic rings. The molecule has 0 atom stereocenters. The summed E-state index contributed by atoms with van der Waals surface area (Å²) in [5.74, 6) is -0.277. The molecule has 1 aromatic heterocycles. The number of rotatable bonds is 5. The summed E-state index contributed by atoms with van der Waals surface area (Å²) in [5, 5.41) is 3.82. The van der Waals surface area contributed by atoms with Crippen LogP contribution in [0.5, 0.6) is 0 Å². The number of sulfonamides is 1. The van der Waals surface area contributed by atoms with Gasteiger partial charge >= 0.3 is 0 Å². The molecule has 1 N–H and O–H groups in total. The van der Waals surface area contributed by atoms with Crippen molar-refractivity contribution < 1.29 is 17.9 Å². The first-order chi connectivity index (χ1) is 14.4. The summed E-state index contributed by atoms with van der Waals surface area (Å²) in [6, 6.07) is 15.3. The van der Waals surface area contributed by atoms with Crippen molar-refractivity contribution in [2.24, 2.45) is 0 Å². The molecule has 1 amide bonds. The van der Waals surface area contributed by atoms with Crippen molar-refractivity contribution >= 4 is 38.4 Å². The van der Waals surface area contributed by atoms with Crippen LogP contribution in [0.25, 0.3) is 10.9 Å². The number of nitrogens with one attached hydrogen (secondary N) is 1. The Labute approximate surface area is 179 Å². The number of benzene rings is 2. The summed E-state index contributed by atoms with van der Waals surface area (Å²) in [7, 11) is -3.54. The first-order valence-electron chi connectivity index (χ1n) is 9.45. The van der Waals surface area contributed by atoms with Crippen LogP contribution < -0.4 is 5.32 Å². The van der Waals surface area contributed by atoms with Crippen LogP contribution in [-0.2, 0) is 21.3 Å². The lowest BCUT2D eigenvalue weighted by molar-refractivity contribution is 0.0730. The van der Waals surface area contributed by atoms with Crippen LogP contribution in [0.1, 0.15) is 15.9 Å². The Kier molecular flexibility index (Phi) is 6.01. The van der Waals surface area contributed by atoms with E-state index in [4.69, 9.17) is 16.3 Å². The lowest BCUT2D eigenvalue weighted by Crippen LogP contribution is -2.40. The van der Waals surface area contributed by atoms with Crippen LogP contribution in [-0.4, -0.2) is 49.9 Å². The molecule has 0 bridgehead atoms. The van der Waals surface area contributed by atoms with Gasteiger partial charge in [-0.05, 0) is 29.8 Å². The van der Waals surface area contributed by atoms with Crippen LogP contribution in [0.3, 0.4) is 0 Å². The summed E-state index contributed by atoms with van der Waals surface area (Å²) < 4.78 is 32.0. The van der Waals surface area contributed by atoms with Gasteiger partial charge in [-0.25, -0.2) is 13.4 Å². The van der Waals surface area contributed by atoms with Crippen molar-refractivity contribution in [2.75, 3.05) is 26.3 Å². The number of para-hydroxylation sites is 1. The molecule has 1 fully saturated rings. The van der Waals surface area contributed by atoms with Crippen molar-refractivity contribution in [3.8, 4) is 0 Å². The first kappa shape index (κ1) is 20.7. The molecule has 0 spiro atoms. The number of aromatic nitrogens is 1. The first-order valence-corrected chi connectivity index (χ1v) is 11.3. The Morgan fingerprint density at radius 2 is 1.80 bits per heavy atom. The van der Waals surface area contributed by atoms with Gasteiger partial charge < -0.3 is 10.1 Å². The molecule has 0 radical (unpaired) electrons. The van der Waals surface area contributed by atoms with Crippen molar-refractivity contribution in [3.63, 3.8) is 0 Å². The number of hydrogen-bond donors (Lipinski definition) is 1. The van der Waals surface area contributed by atoms with Gasteiger partial charge in [0.25, 0.3) is 5.91 Å². The van der Waals surface area contributed by atoms with E-state index >= 15 is 0 Å². The molecule has 1 aliphatic rings. The second-order valence-electron chi connectivity index (χ2n) is 6.85. The molecule has 30 heavy (non-hydrogen) atoms. The van der Waals surface area contributed by atoms with E-state index in [1.54, 1.807) is 30.3 Å². The quantitative estimate of drug-likeness (QED) is 0.610. The van der Waals surface area contributed by atoms with Gasteiger partial charge in [0, 0.05) is 25.0 Å². The number of fused-ring (bicyclic) bond motifs is 1. The van der Waals surface area contributed by atoms with Gasteiger partial charge in [-0.1, -0.05) is 41.9 Å². The zero-order valence-corrected chi connectivity index (χ0v) is 17.6. The van der Waals surface area contributed by atoms with Crippen LogP contribution >= 0.6 is 11.6 Å². The van der Waals surface area contributed by atoms with Gasteiger partial charge in [-0.15, -0.1) is 0 Å². The smallest absolute Gasteiger partial charge is 0.252 e. The highest BCUT2D eigenvalue weighted by Crippen LogP contribution is 2.21. The zero-order chi connectivity index (χ0) is 21.1. The van der Waals surface area contributed by atoms with Crippen LogP contribution in [0, 0.1) is 0 Å². The minimum Gasteiger partial charge on any atom is -0.379 e. The molecule has 0 aliphatic carbocycles. The number of amides is 1. The largest absolute Gasteiger partial charge is 0.379 e. The normalized spacial score (nSPS) is 15.2. The maximum absolute atomic E-state index is 12.7. The van der Waals surface area contributed by atoms with E-state index in [0.717, 1.165) is 5.56 Å². The summed E-state index contributed by atoms with van der Waals surface area (Å²) in [6.07, 6.45) is 0. The lowest BCUT2D eigenvalue weighted by atomic mass is 10.1. The third-order valence-corrected chi connectivity index (χ3v) is 7.02. The number of nitrogens with zero attached hydrogens (tertiary/aromatic N) is 2. The van der Waals surface area contributed by atoms with Crippen LogP contribution in [0.2, 0.25) is 5.15 Å². The molecule has 2 heterocycles. The average Bonchev–Trinajstić information content (AvgIpc) is 2.77. The minimum atomic E-state index is -3.54. The lowest BCUT2D eigenvalue weighted by Gasteiger charge is -2.26. The second-order valence-corrected chi connectivity index (χ2v) is 9.18. The van der Waals surface area contributed by atoms with E-state index in [2.05, 4.69) is 10.3 Å². The van der Waals surface area contributed by atoms with Gasteiger partial charge in [0.05, 0.1) is 29.2 Å². The molecular formula is C21H20ClN3O4S. The van der Waals surface area contributed by atoms with Crippen molar-refractivity contribution in [2.45, 2.75) is 11.4 Å². The van der Waals surface area contributed by atoms with Crippen molar-refractivity contribution in [1.82, 2.24) is 14.6 Å².